The van der Waals surface area contributed by atoms with Crippen molar-refractivity contribution in [3.05, 3.63) is 81.6 Å². The summed E-state index contributed by atoms with van der Waals surface area (Å²) in [7, 11) is 0. The standard InChI is InChI=1S/C20H12Cl2FN2O/c21-15-4-2-5-16(22)14(15)10-25-17-6-1-3-13(20(24)26)19(17)12-8-7-11(23)9-18(12)25/h1-7,9H,10H2,(H2,24,26). The monoisotopic (exact) mass is 385 g/mol. The normalized spacial score (nSPS) is 11.3. The van der Waals surface area contributed by atoms with Crippen LogP contribution in [0, 0.1) is 11.9 Å². The molecule has 3 nitrogen and oxygen atoms in total. The fourth-order valence-electron chi connectivity index (χ4n) is 3.25. The second-order valence-corrected chi connectivity index (χ2v) is 6.74. The van der Waals surface area contributed by atoms with E-state index in [1.807, 2.05) is 10.6 Å². The molecule has 0 atom stereocenters. The molecule has 6 heteroatoms. The molecular weight excluding hydrogens is 374 g/mol. The molecule has 1 amide bonds. The van der Waals surface area contributed by atoms with E-state index in [0.717, 1.165) is 5.52 Å². The van der Waals surface area contributed by atoms with E-state index < -0.39 is 11.7 Å². The molecule has 129 valence electrons. The van der Waals surface area contributed by atoms with Crippen LogP contribution in [-0.4, -0.2) is 10.5 Å². The van der Waals surface area contributed by atoms with Gasteiger partial charge in [0.2, 0.25) is 5.91 Å². The van der Waals surface area contributed by atoms with Gasteiger partial charge in [0.25, 0.3) is 0 Å². The van der Waals surface area contributed by atoms with Gasteiger partial charge >= 0.3 is 0 Å². The highest BCUT2D eigenvalue weighted by molar-refractivity contribution is 6.36. The third-order valence-electron chi connectivity index (χ3n) is 4.40. The fraction of sp³-hybridized carbons (Fsp3) is 0.0500. The third kappa shape index (κ3) is 2.62. The number of rotatable bonds is 3. The maximum atomic E-state index is 13.9. The molecule has 4 rings (SSSR count). The van der Waals surface area contributed by atoms with Crippen LogP contribution in [0.2, 0.25) is 10.0 Å². The van der Waals surface area contributed by atoms with Gasteiger partial charge in [0.05, 0.1) is 17.6 Å². The van der Waals surface area contributed by atoms with Crippen LogP contribution in [0.25, 0.3) is 21.8 Å². The molecule has 2 N–H and O–H groups in total. The Bertz CT molecular complexity index is 1160. The Labute approximate surface area is 158 Å². The highest BCUT2D eigenvalue weighted by Gasteiger charge is 2.18. The molecule has 26 heavy (non-hydrogen) atoms. The van der Waals surface area contributed by atoms with Crippen molar-refractivity contribution in [1.29, 1.82) is 0 Å². The molecule has 0 saturated heterocycles. The molecule has 1 radical (unpaired) electrons. The zero-order valence-electron chi connectivity index (χ0n) is 13.4. The topological polar surface area (TPSA) is 48.0 Å². The zero-order valence-corrected chi connectivity index (χ0v) is 14.9. The summed E-state index contributed by atoms with van der Waals surface area (Å²) in [5.74, 6) is -0.976. The Kier molecular flexibility index (Phi) is 4.10. The van der Waals surface area contributed by atoms with Crippen LogP contribution in [0.1, 0.15) is 15.9 Å². The number of halogens is 3. The van der Waals surface area contributed by atoms with Crippen LogP contribution in [0.3, 0.4) is 0 Å². The number of hydrogen-bond acceptors (Lipinski definition) is 1. The van der Waals surface area contributed by atoms with Crippen molar-refractivity contribution in [3.63, 3.8) is 0 Å². The summed E-state index contributed by atoms with van der Waals surface area (Å²) in [5.41, 5.74) is 7.92. The molecule has 0 aliphatic heterocycles. The molecule has 3 aromatic carbocycles. The second kappa shape index (κ2) is 6.31. The van der Waals surface area contributed by atoms with Gasteiger partial charge in [-0.25, -0.2) is 4.39 Å². The number of primary amides is 1. The SMILES string of the molecule is NC(=O)c1cccc2c1c1[c]cc(F)cc1n2Cc1c(Cl)cccc1Cl. The minimum absolute atomic E-state index is 0.317. The summed E-state index contributed by atoms with van der Waals surface area (Å²) in [5, 5.41) is 2.29. The van der Waals surface area contributed by atoms with Gasteiger partial charge in [0.15, 0.2) is 0 Å². The summed E-state index contributed by atoms with van der Waals surface area (Å²) < 4.78 is 15.8. The Morgan fingerprint density at radius 3 is 2.50 bits per heavy atom. The maximum absolute atomic E-state index is 13.9. The van der Waals surface area contributed by atoms with Crippen molar-refractivity contribution in [1.82, 2.24) is 4.57 Å². The molecular formula is C20H12Cl2FN2O. The number of aromatic nitrogens is 1. The van der Waals surface area contributed by atoms with E-state index in [1.54, 1.807) is 30.3 Å². The number of nitrogens with two attached hydrogens (primary N) is 1. The largest absolute Gasteiger partial charge is 0.366 e. The summed E-state index contributed by atoms with van der Waals surface area (Å²) in [4.78, 5) is 11.9. The molecule has 0 spiro atoms. The number of fused-ring (bicyclic) bond motifs is 3. The molecule has 1 heterocycles. The summed E-state index contributed by atoms with van der Waals surface area (Å²) >= 11 is 12.6. The van der Waals surface area contributed by atoms with Gasteiger partial charge in [0.1, 0.15) is 5.82 Å². The average Bonchev–Trinajstić information content (AvgIpc) is 2.91. The number of nitrogens with zero attached hydrogens (tertiary/aromatic N) is 1. The van der Waals surface area contributed by atoms with Crippen LogP contribution < -0.4 is 5.73 Å². The number of carbonyl (C=O) groups excluding carboxylic acids is 1. The quantitative estimate of drug-likeness (QED) is 0.518. The van der Waals surface area contributed by atoms with Crippen molar-refractivity contribution in [2.24, 2.45) is 5.73 Å². The van der Waals surface area contributed by atoms with Crippen molar-refractivity contribution in [3.8, 4) is 0 Å². The van der Waals surface area contributed by atoms with Crippen molar-refractivity contribution >= 4 is 50.9 Å². The molecule has 0 aliphatic rings. The van der Waals surface area contributed by atoms with Gasteiger partial charge in [-0.05, 0) is 42.5 Å². The Morgan fingerprint density at radius 2 is 1.81 bits per heavy atom. The van der Waals surface area contributed by atoms with Crippen molar-refractivity contribution in [2.75, 3.05) is 0 Å². The lowest BCUT2D eigenvalue weighted by atomic mass is 10.1. The zero-order chi connectivity index (χ0) is 18.4. The first-order valence-electron chi connectivity index (χ1n) is 7.82. The van der Waals surface area contributed by atoms with E-state index in [2.05, 4.69) is 6.07 Å². The predicted octanol–water partition coefficient (Wildman–Crippen LogP) is 5.19. The van der Waals surface area contributed by atoms with Crippen LogP contribution in [0.5, 0.6) is 0 Å². The molecule has 0 fully saturated rings. The predicted molar refractivity (Wildman–Crippen MR) is 102 cm³/mol. The van der Waals surface area contributed by atoms with Crippen LogP contribution >= 0.6 is 23.2 Å². The van der Waals surface area contributed by atoms with E-state index in [4.69, 9.17) is 28.9 Å². The maximum Gasteiger partial charge on any atom is 0.249 e. The van der Waals surface area contributed by atoms with E-state index in [-0.39, 0.29) is 0 Å². The van der Waals surface area contributed by atoms with Gasteiger partial charge in [-0.3, -0.25) is 4.79 Å². The van der Waals surface area contributed by atoms with Gasteiger partial charge in [-0.1, -0.05) is 35.3 Å². The minimum atomic E-state index is -0.553. The number of benzene rings is 3. The lowest BCUT2D eigenvalue weighted by Crippen LogP contribution is -2.11. The Morgan fingerprint density at radius 1 is 1.12 bits per heavy atom. The van der Waals surface area contributed by atoms with E-state index in [1.165, 1.54) is 12.1 Å². The first-order chi connectivity index (χ1) is 12.5. The highest BCUT2D eigenvalue weighted by atomic mass is 35.5. The lowest BCUT2D eigenvalue weighted by Gasteiger charge is -2.11. The molecule has 0 bridgehead atoms. The number of carbonyl (C=O) groups is 1. The van der Waals surface area contributed by atoms with Crippen molar-refractivity contribution < 1.29 is 9.18 Å². The van der Waals surface area contributed by atoms with Crippen LogP contribution in [0.15, 0.2) is 48.5 Å². The third-order valence-corrected chi connectivity index (χ3v) is 5.11. The second-order valence-electron chi connectivity index (χ2n) is 5.93. The van der Waals surface area contributed by atoms with Crippen LogP contribution in [-0.2, 0) is 6.54 Å². The Hall–Kier alpha value is -2.56. The number of hydrogen-bond donors (Lipinski definition) is 1. The van der Waals surface area contributed by atoms with Gasteiger partial charge in [-0.2, -0.15) is 0 Å². The fourth-order valence-corrected chi connectivity index (χ4v) is 3.76. The molecule has 0 aliphatic carbocycles. The summed E-state index contributed by atoms with van der Waals surface area (Å²) in [6.07, 6.45) is 0. The van der Waals surface area contributed by atoms with Gasteiger partial charge < -0.3 is 10.3 Å². The number of amides is 1. The molecule has 0 unspecified atom stereocenters. The molecule has 0 saturated carbocycles. The Balaban J connectivity index is 2.09. The summed E-state index contributed by atoms with van der Waals surface area (Å²) in [6.45, 7) is 0.317. The first-order valence-corrected chi connectivity index (χ1v) is 8.58. The van der Waals surface area contributed by atoms with E-state index >= 15 is 0 Å². The van der Waals surface area contributed by atoms with Crippen LogP contribution in [0.4, 0.5) is 4.39 Å². The smallest absolute Gasteiger partial charge is 0.249 e. The molecule has 4 aromatic rings. The van der Waals surface area contributed by atoms with Gasteiger partial charge in [0, 0.05) is 31.9 Å². The van der Waals surface area contributed by atoms with Crippen molar-refractivity contribution in [2.45, 2.75) is 6.54 Å². The van der Waals surface area contributed by atoms with E-state index in [9.17, 15) is 9.18 Å². The molecule has 1 aromatic heterocycles. The average molecular weight is 386 g/mol. The summed E-state index contributed by atoms with van der Waals surface area (Å²) in [6, 6.07) is 16.1. The lowest BCUT2D eigenvalue weighted by molar-refractivity contribution is 0.100. The highest BCUT2D eigenvalue weighted by Crippen LogP contribution is 2.34. The van der Waals surface area contributed by atoms with E-state index in [0.29, 0.717) is 44.0 Å². The first kappa shape index (κ1) is 16.9. The minimum Gasteiger partial charge on any atom is -0.366 e. The van der Waals surface area contributed by atoms with Gasteiger partial charge in [-0.15, -0.1) is 0 Å².